The fourth-order valence-electron chi connectivity index (χ4n) is 8.36. The Kier molecular flexibility index (Phi) is 17.8. The molecule has 2 saturated heterocycles. The third-order valence-corrected chi connectivity index (χ3v) is 13.5. The smallest absolute Gasteiger partial charge is 0.420 e. The number of thiocarbonyl (C=S) groups is 1. The molecule has 16 nitrogen and oxygen atoms in total. The van der Waals surface area contributed by atoms with Crippen LogP contribution in [0, 0.1) is 36.4 Å². The highest BCUT2D eigenvalue weighted by Gasteiger charge is 2.52. The molecule has 72 heavy (non-hydrogen) atoms. The normalized spacial score (nSPS) is 17.3. The van der Waals surface area contributed by atoms with Crippen LogP contribution in [0.3, 0.4) is 0 Å². The van der Waals surface area contributed by atoms with Crippen molar-refractivity contribution in [3.8, 4) is 22.4 Å². The van der Waals surface area contributed by atoms with Crippen LogP contribution >= 0.6 is 23.6 Å². The minimum absolute atomic E-state index is 0.0463. The molecular formula is C50H58F4N8O8S2. The highest BCUT2D eigenvalue weighted by molar-refractivity contribution is 7.81. The fourth-order valence-corrected chi connectivity index (χ4v) is 9.68. The van der Waals surface area contributed by atoms with Crippen molar-refractivity contribution in [1.29, 1.82) is 5.26 Å². The number of rotatable bonds is 20. The van der Waals surface area contributed by atoms with Gasteiger partial charge < -0.3 is 39.8 Å². The number of carbonyl (C=O) groups excluding carboxylic acids is 4. The van der Waals surface area contributed by atoms with E-state index in [0.29, 0.717) is 55.4 Å². The van der Waals surface area contributed by atoms with Crippen molar-refractivity contribution in [2.75, 3.05) is 49.4 Å². The summed E-state index contributed by atoms with van der Waals surface area (Å²) in [5.74, 6) is -3.67. The van der Waals surface area contributed by atoms with Gasteiger partial charge in [0.15, 0.2) is 10.9 Å². The van der Waals surface area contributed by atoms with Crippen molar-refractivity contribution in [3.63, 3.8) is 0 Å². The van der Waals surface area contributed by atoms with Crippen molar-refractivity contribution < 1.29 is 56.1 Å². The number of hydrogen-bond donors (Lipinski definition) is 3. The Morgan fingerprint density at radius 3 is 2.28 bits per heavy atom. The van der Waals surface area contributed by atoms with Crippen LogP contribution in [0.15, 0.2) is 54.0 Å². The van der Waals surface area contributed by atoms with E-state index in [-0.39, 0.29) is 43.7 Å². The number of carbonyl (C=O) groups is 4. The van der Waals surface area contributed by atoms with Gasteiger partial charge in [0.2, 0.25) is 23.6 Å². The van der Waals surface area contributed by atoms with Gasteiger partial charge in [0, 0.05) is 45.4 Å². The average Bonchev–Trinajstić information content (AvgIpc) is 3.98. The minimum Gasteiger partial charge on any atom is -0.478 e. The maximum atomic E-state index is 15.4. The molecule has 0 aliphatic carbocycles. The van der Waals surface area contributed by atoms with E-state index in [1.807, 2.05) is 31.2 Å². The van der Waals surface area contributed by atoms with E-state index in [2.05, 4.69) is 20.6 Å². The summed E-state index contributed by atoms with van der Waals surface area (Å²) in [6.45, 7) is 13.2. The van der Waals surface area contributed by atoms with Gasteiger partial charge >= 0.3 is 6.18 Å². The third kappa shape index (κ3) is 12.7. The van der Waals surface area contributed by atoms with Crippen LogP contribution < -0.4 is 25.2 Å². The number of nitrogens with zero attached hydrogens (tertiary/aromatic N) is 6. The van der Waals surface area contributed by atoms with E-state index in [4.69, 9.17) is 26.4 Å². The lowest BCUT2D eigenvalue weighted by Crippen LogP contribution is -2.58. The van der Waals surface area contributed by atoms with Crippen LogP contribution in [0.5, 0.6) is 5.88 Å². The van der Waals surface area contributed by atoms with Crippen molar-refractivity contribution in [2.24, 2.45) is 5.41 Å². The molecule has 0 spiro atoms. The molecule has 0 unspecified atom stereocenters. The topological polar surface area (TPSA) is 200 Å². The number of aryl methyl sites for hydroxylation is 2. The maximum absolute atomic E-state index is 15.4. The van der Waals surface area contributed by atoms with Crippen molar-refractivity contribution >= 4 is 63.7 Å². The molecule has 0 radical (unpaired) electrons. The van der Waals surface area contributed by atoms with E-state index in [9.17, 15) is 42.7 Å². The first kappa shape index (κ1) is 55.2. The molecule has 2 aliphatic heterocycles. The second-order valence-corrected chi connectivity index (χ2v) is 20.2. The maximum Gasteiger partial charge on any atom is 0.420 e. The molecule has 2 fully saturated rings. The highest BCUT2D eigenvalue weighted by atomic mass is 32.1. The van der Waals surface area contributed by atoms with Gasteiger partial charge in [0.25, 0.3) is 5.91 Å². The number of aliphatic hydroxyl groups is 1. The molecule has 2 aliphatic rings. The number of thiazole rings is 1. The monoisotopic (exact) mass is 1040 g/mol. The molecule has 3 N–H and O–H groups in total. The number of ether oxygens (including phenoxy) is 3. The van der Waals surface area contributed by atoms with Crippen molar-refractivity contribution in [3.05, 3.63) is 87.9 Å². The Bertz CT molecular complexity index is 2690. The Labute approximate surface area is 424 Å². The predicted molar refractivity (Wildman–Crippen MR) is 264 cm³/mol. The first-order valence-electron chi connectivity index (χ1n) is 23.2. The van der Waals surface area contributed by atoms with Gasteiger partial charge in [-0.3, -0.25) is 24.1 Å². The van der Waals surface area contributed by atoms with Crippen LogP contribution in [0.1, 0.15) is 88.4 Å². The average molecular weight is 1040 g/mol. The summed E-state index contributed by atoms with van der Waals surface area (Å²) in [5.41, 5.74) is -0.248. The number of pyridine rings is 1. The van der Waals surface area contributed by atoms with E-state index in [1.54, 1.807) is 56.7 Å². The predicted octanol–water partition coefficient (Wildman–Crippen LogP) is 7.16. The van der Waals surface area contributed by atoms with E-state index in [0.717, 1.165) is 33.8 Å². The summed E-state index contributed by atoms with van der Waals surface area (Å²) in [5, 5.41) is 25.1. The minimum atomic E-state index is -5.20. The summed E-state index contributed by atoms with van der Waals surface area (Å²) in [7, 11) is 0. The number of unbranched alkanes of at least 4 members (excludes halogenated alkanes) is 1. The zero-order chi connectivity index (χ0) is 52.7. The Morgan fingerprint density at radius 1 is 0.972 bits per heavy atom. The lowest BCUT2D eigenvalue weighted by atomic mass is 9.85. The summed E-state index contributed by atoms with van der Waals surface area (Å²) in [4.78, 5) is 67.3. The van der Waals surface area contributed by atoms with Gasteiger partial charge in [0.1, 0.15) is 29.8 Å². The van der Waals surface area contributed by atoms with Gasteiger partial charge in [0.05, 0.1) is 57.5 Å². The van der Waals surface area contributed by atoms with Crippen LogP contribution in [-0.2, 0) is 41.4 Å². The van der Waals surface area contributed by atoms with Crippen molar-refractivity contribution in [2.45, 2.75) is 111 Å². The van der Waals surface area contributed by atoms with Crippen LogP contribution in [-0.4, -0.2) is 112 Å². The van der Waals surface area contributed by atoms with Crippen molar-refractivity contribution in [1.82, 2.24) is 25.5 Å². The highest BCUT2D eigenvalue weighted by Crippen LogP contribution is 2.42. The number of aromatic nitrogens is 2. The number of aliphatic hydroxyl groups excluding tert-OH is 1. The number of amides is 4. The Morgan fingerprint density at radius 2 is 1.64 bits per heavy atom. The molecule has 4 heterocycles. The molecule has 4 amide bonds. The number of nitrogens with one attached hydrogen (secondary N) is 2. The molecule has 6 rings (SSSR count). The van der Waals surface area contributed by atoms with Gasteiger partial charge in [-0.15, -0.1) is 11.3 Å². The number of benzene rings is 2. The largest absolute Gasteiger partial charge is 0.478 e. The van der Waals surface area contributed by atoms with E-state index >= 15 is 4.39 Å². The van der Waals surface area contributed by atoms with Crippen LogP contribution in [0.4, 0.5) is 28.9 Å². The molecule has 0 bridgehead atoms. The quantitative estimate of drug-likeness (QED) is 0.0458. The van der Waals surface area contributed by atoms with E-state index < -0.39 is 81.6 Å². The summed E-state index contributed by atoms with van der Waals surface area (Å²) in [6.07, 6.45) is -4.27. The summed E-state index contributed by atoms with van der Waals surface area (Å²) in [6, 6.07) is 12.1. The first-order chi connectivity index (χ1) is 33.9. The van der Waals surface area contributed by atoms with Gasteiger partial charge in [-0.1, -0.05) is 45.0 Å². The number of β-amino-alcohol motifs (C(OH)–C–C–N with tert-alkyl or cyclic N) is 1. The molecule has 2 aromatic heterocycles. The molecule has 0 saturated carbocycles. The summed E-state index contributed by atoms with van der Waals surface area (Å²) >= 11 is 7.10. The van der Waals surface area contributed by atoms with Gasteiger partial charge in [-0.25, -0.2) is 14.4 Å². The summed E-state index contributed by atoms with van der Waals surface area (Å²) < 4.78 is 73.8. The first-order valence-corrected chi connectivity index (χ1v) is 24.5. The number of nitriles is 1. The molecular weight excluding hydrogens is 981 g/mol. The molecule has 22 heteroatoms. The van der Waals surface area contributed by atoms with Crippen LogP contribution in [0.2, 0.25) is 0 Å². The number of likely N-dealkylation sites (tertiary alicyclic amines) is 1. The number of halogens is 4. The standard InChI is InChI=1S/C50H58F4N8O8S2/c1-29-35(62-47(71)61(46(67)49(62,6)7)36-16-15-33(24-55)40(41(36)51)50(52,53)54)17-18-39(58-29)70-22-9-8-19-68-20-10-21-69-27-38(64)59-43(48(3,4)5)45(66)60-26-34(63)23-37(60)44(65)56-25-31-11-13-32(14-12-31)42-30(2)57-28-72-42/h11-18,28,34,37,43,63H,8-10,19-23,25-27H2,1-7H3,(H,56,65)(H,59,64)/t34-,37+,43-/m1/s1. The van der Waals surface area contributed by atoms with Gasteiger partial charge in [-0.05, 0) is 93.9 Å². The molecule has 386 valence electrons. The zero-order valence-corrected chi connectivity index (χ0v) is 42.7. The second-order valence-electron chi connectivity index (χ2n) is 19.0. The zero-order valence-electron chi connectivity index (χ0n) is 41.0. The number of alkyl halides is 3. The third-order valence-electron chi connectivity index (χ3n) is 12.2. The van der Waals surface area contributed by atoms with Crippen LogP contribution in [0.25, 0.3) is 10.4 Å². The molecule has 2 aromatic carbocycles. The SMILES string of the molecule is Cc1nc(OCCCCOCCCOCC(=O)N[C@H](C(=O)N2C[C@H](O)C[C@H]2C(=O)NCc2ccc(-c3scnc3C)cc2)C(C)(C)C)ccc1N1C(=S)N(c2ccc(C#N)c(C(F)(F)F)c2F)C(=O)C1(C)C. The Hall–Kier alpha value is -6.12. The molecule has 3 atom stereocenters. The lowest BCUT2D eigenvalue weighted by molar-refractivity contribution is -0.144. The molecule has 4 aromatic rings. The number of hydrogen-bond acceptors (Lipinski definition) is 13. The second kappa shape index (κ2) is 23.2. The number of anilines is 2. The lowest BCUT2D eigenvalue weighted by Gasteiger charge is -2.35. The Balaban J connectivity index is 0.886. The van der Waals surface area contributed by atoms with Gasteiger partial charge in [-0.2, -0.15) is 18.4 Å². The fraction of sp³-hybridized carbons (Fsp3) is 0.480. The van der Waals surface area contributed by atoms with E-state index in [1.165, 1.54) is 29.7 Å².